The lowest BCUT2D eigenvalue weighted by atomic mass is 10.1. The minimum Gasteiger partial charge on any atom is -0.342 e. The van der Waals surface area contributed by atoms with E-state index in [4.69, 9.17) is 0 Å². The Morgan fingerprint density at radius 1 is 1.31 bits per heavy atom. The molecule has 13 heavy (non-hydrogen) atoms. The number of aromatic nitrogens is 2. The summed E-state index contributed by atoms with van der Waals surface area (Å²) in [5, 5.41) is 2.22. The van der Waals surface area contributed by atoms with Crippen molar-refractivity contribution in [2.45, 2.75) is 20.8 Å². The highest BCUT2D eigenvalue weighted by Gasteiger charge is 2.01. The molecule has 0 bridgehead atoms. The molecule has 1 aromatic rings. The molecule has 2 heteroatoms. The maximum Gasteiger partial charge on any atom is 0.104 e. The topological polar surface area (TPSA) is 28.7 Å². The molecule has 68 valence electrons. The van der Waals surface area contributed by atoms with Crippen molar-refractivity contribution in [3.05, 3.63) is 28.2 Å². The van der Waals surface area contributed by atoms with Gasteiger partial charge in [0.15, 0.2) is 0 Å². The Labute approximate surface area is 77.7 Å². The maximum absolute atomic E-state index is 4.42. The number of hydrogen-bond acceptors (Lipinski definition) is 1. The van der Waals surface area contributed by atoms with Gasteiger partial charge >= 0.3 is 0 Å². The van der Waals surface area contributed by atoms with Crippen LogP contribution in [0.15, 0.2) is 11.6 Å². The van der Waals surface area contributed by atoms with E-state index in [1.165, 1.54) is 5.57 Å². The van der Waals surface area contributed by atoms with Gasteiger partial charge in [0.2, 0.25) is 0 Å². The first kappa shape index (κ1) is 8.30. The molecule has 0 aliphatic heterocycles. The summed E-state index contributed by atoms with van der Waals surface area (Å²) in [7, 11) is 0. The second kappa shape index (κ2) is 2.87. The number of hydrogen-bond donors (Lipinski definition) is 1. The van der Waals surface area contributed by atoms with E-state index in [1.54, 1.807) is 0 Å². The zero-order chi connectivity index (χ0) is 9.42. The second-order valence-corrected chi connectivity index (χ2v) is 3.70. The number of nitrogens with zero attached hydrogens (tertiary/aromatic N) is 1. The van der Waals surface area contributed by atoms with Crippen LogP contribution in [-0.2, 0) is 0 Å². The summed E-state index contributed by atoms with van der Waals surface area (Å²) >= 11 is 0. The Kier molecular flexibility index (Phi) is 1.83. The smallest absolute Gasteiger partial charge is 0.104 e. The number of aromatic amines is 1. The van der Waals surface area contributed by atoms with Crippen molar-refractivity contribution in [2.75, 3.05) is 0 Å². The van der Waals surface area contributed by atoms with Crippen LogP contribution in [0.1, 0.15) is 19.7 Å². The van der Waals surface area contributed by atoms with Gasteiger partial charge in [-0.2, -0.15) is 0 Å². The van der Waals surface area contributed by atoms with Gasteiger partial charge in [0.25, 0.3) is 0 Å². The van der Waals surface area contributed by atoms with E-state index in [1.807, 2.05) is 6.92 Å². The Morgan fingerprint density at radius 2 is 2.08 bits per heavy atom. The molecule has 1 aliphatic carbocycles. The number of allylic oxidation sites excluding steroid dienone is 2. The maximum atomic E-state index is 4.42. The molecule has 1 unspecified atom stereocenters. The van der Waals surface area contributed by atoms with Crippen molar-refractivity contribution in [2.24, 2.45) is 5.92 Å². The number of H-pyrrole nitrogens is 1. The van der Waals surface area contributed by atoms with Crippen molar-refractivity contribution in [3.63, 3.8) is 0 Å². The highest BCUT2D eigenvalue weighted by Crippen LogP contribution is 2.06. The summed E-state index contributed by atoms with van der Waals surface area (Å²) in [5.41, 5.74) is 1.30. The molecule has 2 rings (SSSR count). The lowest BCUT2D eigenvalue weighted by molar-refractivity contribution is 0.981. The van der Waals surface area contributed by atoms with Gasteiger partial charge in [-0.05, 0) is 31.9 Å². The highest BCUT2D eigenvalue weighted by molar-refractivity contribution is 5.49. The van der Waals surface area contributed by atoms with Gasteiger partial charge in [-0.15, -0.1) is 0 Å². The molecule has 2 nitrogen and oxygen atoms in total. The van der Waals surface area contributed by atoms with Gasteiger partial charge in [-0.1, -0.05) is 18.6 Å². The van der Waals surface area contributed by atoms with Gasteiger partial charge in [-0.3, -0.25) is 0 Å². The predicted octanol–water partition coefficient (Wildman–Crippen LogP) is 0.875. The van der Waals surface area contributed by atoms with E-state index in [0.717, 1.165) is 16.5 Å². The van der Waals surface area contributed by atoms with Crippen LogP contribution in [0.4, 0.5) is 0 Å². The summed E-state index contributed by atoms with van der Waals surface area (Å²) in [5.74, 6) is 1.46. The number of fused-ring (bicyclic) bond motifs is 1. The molecule has 1 aromatic heterocycles. The van der Waals surface area contributed by atoms with Crippen LogP contribution >= 0.6 is 0 Å². The SMILES string of the molecule is CC1=CC(C)C=c2nc(C)[nH]c2=C1. The molecule has 1 heterocycles. The Morgan fingerprint density at radius 3 is 2.85 bits per heavy atom. The summed E-state index contributed by atoms with van der Waals surface area (Å²) < 4.78 is 0. The molecule has 0 spiro atoms. The molecule has 1 atom stereocenters. The largest absolute Gasteiger partial charge is 0.342 e. The zero-order valence-electron chi connectivity index (χ0n) is 8.26. The number of aryl methyl sites for hydroxylation is 1. The Hall–Kier alpha value is -1.31. The van der Waals surface area contributed by atoms with E-state index in [2.05, 4.69) is 42.0 Å². The third-order valence-corrected chi connectivity index (χ3v) is 2.20. The summed E-state index contributed by atoms with van der Waals surface area (Å²) in [4.78, 5) is 7.67. The van der Waals surface area contributed by atoms with E-state index in [9.17, 15) is 0 Å². The number of rotatable bonds is 0. The highest BCUT2D eigenvalue weighted by atomic mass is 14.9. The van der Waals surface area contributed by atoms with Crippen LogP contribution in [0.5, 0.6) is 0 Å². The van der Waals surface area contributed by atoms with Gasteiger partial charge in [0, 0.05) is 0 Å². The average molecular weight is 174 g/mol. The normalized spacial score (nSPS) is 20.8. The van der Waals surface area contributed by atoms with Crippen LogP contribution in [0, 0.1) is 12.8 Å². The first-order valence-corrected chi connectivity index (χ1v) is 4.60. The minimum absolute atomic E-state index is 0.472. The van der Waals surface area contributed by atoms with E-state index >= 15 is 0 Å². The first-order valence-electron chi connectivity index (χ1n) is 4.60. The fourth-order valence-corrected chi connectivity index (χ4v) is 1.75. The van der Waals surface area contributed by atoms with Gasteiger partial charge in [0.1, 0.15) is 5.82 Å². The van der Waals surface area contributed by atoms with Crippen molar-refractivity contribution in [1.82, 2.24) is 9.97 Å². The monoisotopic (exact) mass is 174 g/mol. The third-order valence-electron chi connectivity index (χ3n) is 2.20. The van der Waals surface area contributed by atoms with Gasteiger partial charge in [0.05, 0.1) is 10.7 Å². The van der Waals surface area contributed by atoms with Crippen molar-refractivity contribution in [3.8, 4) is 0 Å². The molecule has 0 fully saturated rings. The molecule has 0 saturated carbocycles. The molecule has 1 N–H and O–H groups in total. The van der Waals surface area contributed by atoms with Crippen LogP contribution in [-0.4, -0.2) is 9.97 Å². The van der Waals surface area contributed by atoms with Crippen LogP contribution < -0.4 is 10.7 Å². The molecule has 0 saturated heterocycles. The van der Waals surface area contributed by atoms with E-state index < -0.39 is 0 Å². The first-order chi connectivity index (χ1) is 6.15. The summed E-state index contributed by atoms with van der Waals surface area (Å²) in [6, 6.07) is 0. The molecular weight excluding hydrogens is 160 g/mol. The second-order valence-electron chi connectivity index (χ2n) is 3.70. The molecule has 1 aliphatic rings. The average Bonchev–Trinajstić information content (AvgIpc) is 2.24. The fourth-order valence-electron chi connectivity index (χ4n) is 1.75. The summed E-state index contributed by atoms with van der Waals surface area (Å²) in [6.45, 7) is 6.28. The van der Waals surface area contributed by atoms with Crippen LogP contribution in [0.2, 0.25) is 0 Å². The Balaban J connectivity index is 2.75. The molecule has 0 amide bonds. The number of nitrogens with one attached hydrogen (secondary N) is 1. The van der Waals surface area contributed by atoms with Crippen LogP contribution in [0.25, 0.3) is 12.2 Å². The third kappa shape index (κ3) is 1.57. The zero-order valence-corrected chi connectivity index (χ0v) is 8.26. The standard InChI is InChI=1S/C11H14N2/c1-7-4-8(2)6-11-10(5-7)12-9(3)13-11/h4-7H,1-3H3,(H,12,13). The molecule has 0 radical (unpaired) electrons. The molecule has 0 aromatic carbocycles. The minimum atomic E-state index is 0.472. The van der Waals surface area contributed by atoms with Gasteiger partial charge in [-0.25, -0.2) is 4.98 Å². The lowest BCUT2D eigenvalue weighted by Crippen LogP contribution is -2.24. The Bertz CT molecular complexity index is 463. The van der Waals surface area contributed by atoms with Gasteiger partial charge < -0.3 is 4.98 Å². The lowest BCUT2D eigenvalue weighted by Gasteiger charge is -1.95. The van der Waals surface area contributed by atoms with E-state index in [-0.39, 0.29) is 0 Å². The van der Waals surface area contributed by atoms with Crippen molar-refractivity contribution < 1.29 is 0 Å². The number of imidazole rings is 1. The van der Waals surface area contributed by atoms with Crippen LogP contribution in [0.3, 0.4) is 0 Å². The van der Waals surface area contributed by atoms with Crippen molar-refractivity contribution >= 4 is 12.2 Å². The summed E-state index contributed by atoms with van der Waals surface area (Å²) in [6.07, 6.45) is 6.58. The van der Waals surface area contributed by atoms with Crippen molar-refractivity contribution in [1.29, 1.82) is 0 Å². The molecular formula is C11H14N2. The fraction of sp³-hybridized carbons (Fsp3) is 0.364. The predicted molar refractivity (Wildman–Crippen MR) is 54.4 cm³/mol. The quantitative estimate of drug-likeness (QED) is 0.621. The van der Waals surface area contributed by atoms with E-state index in [0.29, 0.717) is 5.92 Å².